The fourth-order valence-electron chi connectivity index (χ4n) is 3.33. The Balaban J connectivity index is 1.73. The number of fused-ring (bicyclic) bond motifs is 1. The van der Waals surface area contributed by atoms with Crippen LogP contribution < -0.4 is 4.74 Å². The van der Waals surface area contributed by atoms with E-state index >= 15 is 0 Å². The normalized spacial score (nSPS) is 12.5. The molecule has 0 aliphatic carbocycles. The van der Waals surface area contributed by atoms with Crippen LogP contribution in [-0.4, -0.2) is 25.4 Å². The number of carbonyl (C=O) groups is 1. The Morgan fingerprint density at radius 3 is 2.56 bits per heavy atom. The van der Waals surface area contributed by atoms with Gasteiger partial charge < -0.3 is 13.9 Å². The van der Waals surface area contributed by atoms with Crippen molar-refractivity contribution in [3.8, 4) is 17.1 Å². The molecule has 0 spiro atoms. The first-order valence-electron chi connectivity index (χ1n) is 10.3. The van der Waals surface area contributed by atoms with Crippen LogP contribution in [0, 0.1) is 5.92 Å². The summed E-state index contributed by atoms with van der Waals surface area (Å²) in [5, 5.41) is 0.862. The minimum atomic E-state index is -4.41. The Kier molecular flexibility index (Phi) is 7.28. The Morgan fingerprint density at radius 1 is 1.12 bits per heavy atom. The summed E-state index contributed by atoms with van der Waals surface area (Å²) in [6.07, 6.45) is -4.67. The quantitative estimate of drug-likeness (QED) is 0.270. The first kappa shape index (κ1) is 23.4. The molecule has 170 valence electrons. The van der Waals surface area contributed by atoms with E-state index in [1.54, 1.807) is 18.2 Å². The average molecular weight is 446 g/mol. The molecule has 0 bridgehead atoms. The van der Waals surface area contributed by atoms with Crippen molar-refractivity contribution in [2.24, 2.45) is 5.92 Å². The molecule has 4 nitrogen and oxygen atoms in total. The second kappa shape index (κ2) is 9.94. The fourth-order valence-corrected chi connectivity index (χ4v) is 3.33. The molecular weight excluding hydrogens is 421 g/mol. The second-order valence-electron chi connectivity index (χ2n) is 7.70. The number of benzene rings is 2. The van der Waals surface area contributed by atoms with Crippen molar-refractivity contribution in [1.29, 1.82) is 0 Å². The predicted octanol–water partition coefficient (Wildman–Crippen LogP) is 6.73. The molecule has 0 amide bonds. The summed E-state index contributed by atoms with van der Waals surface area (Å²) in [5.41, 5.74) is 2.85. The van der Waals surface area contributed by atoms with Crippen LogP contribution in [0.2, 0.25) is 0 Å². The van der Waals surface area contributed by atoms with Gasteiger partial charge in [0.05, 0.1) is 19.6 Å². The summed E-state index contributed by atoms with van der Waals surface area (Å²) >= 11 is 0. The molecule has 0 saturated carbocycles. The van der Waals surface area contributed by atoms with E-state index in [2.05, 4.69) is 13.5 Å². The number of ether oxygens (including phenoxy) is 2. The molecular formula is C25H25F3O4. The van der Waals surface area contributed by atoms with Crippen LogP contribution in [-0.2, 0) is 16.0 Å². The topological polar surface area (TPSA) is 48.7 Å². The van der Waals surface area contributed by atoms with Gasteiger partial charge in [0, 0.05) is 28.5 Å². The van der Waals surface area contributed by atoms with Gasteiger partial charge in [0.15, 0.2) is 0 Å². The number of hydrogen-bond acceptors (Lipinski definition) is 4. The number of alkyl halides is 3. The van der Waals surface area contributed by atoms with Gasteiger partial charge in [-0.1, -0.05) is 37.8 Å². The molecule has 7 heteroatoms. The Hall–Kier alpha value is -3.22. The fraction of sp³-hybridized carbons (Fsp3) is 0.320. The molecule has 1 heterocycles. The first-order chi connectivity index (χ1) is 15.2. The molecule has 0 fully saturated rings. The predicted molar refractivity (Wildman–Crippen MR) is 116 cm³/mol. The summed E-state index contributed by atoms with van der Waals surface area (Å²) in [6.45, 7) is 6.25. The lowest BCUT2D eigenvalue weighted by Crippen LogP contribution is -2.26. The van der Waals surface area contributed by atoms with Crippen molar-refractivity contribution in [3.63, 3.8) is 0 Å². The maximum absolute atomic E-state index is 12.9. The molecule has 3 aromatic rings. The summed E-state index contributed by atoms with van der Waals surface area (Å²) in [4.78, 5) is 11.5. The lowest BCUT2D eigenvalue weighted by molar-refractivity contribution is -0.158. The molecule has 0 aliphatic heterocycles. The molecule has 0 radical (unpaired) electrons. The van der Waals surface area contributed by atoms with Crippen molar-refractivity contribution >= 4 is 16.9 Å². The van der Waals surface area contributed by atoms with Gasteiger partial charge in [-0.3, -0.25) is 0 Å². The number of esters is 1. The molecule has 3 rings (SSSR count). The largest absolute Gasteiger partial charge is 0.493 e. The van der Waals surface area contributed by atoms with Gasteiger partial charge in [-0.25, -0.2) is 4.79 Å². The standard InChI is InChI=1S/C25H25F3O4/c1-4-18-7-5-6-8-21(18)23-11-19-9-10-20(12-22(19)32-23)30-14-17(13-25(26,27)28)15-31-24(29)16(2)3/h5-12,17H,2,4,13-15H2,1,3H3. The van der Waals surface area contributed by atoms with Crippen molar-refractivity contribution in [1.82, 2.24) is 0 Å². The van der Waals surface area contributed by atoms with E-state index in [-0.39, 0.29) is 12.2 Å². The maximum Gasteiger partial charge on any atom is 0.389 e. The SMILES string of the molecule is C=C(C)C(=O)OCC(COc1ccc2cc(-c3ccccc3CC)oc2c1)CC(F)(F)F. The van der Waals surface area contributed by atoms with Gasteiger partial charge in [-0.15, -0.1) is 0 Å². The zero-order valence-corrected chi connectivity index (χ0v) is 18.0. The van der Waals surface area contributed by atoms with Gasteiger partial charge in [0.1, 0.15) is 17.1 Å². The summed E-state index contributed by atoms with van der Waals surface area (Å²) in [7, 11) is 0. The molecule has 0 N–H and O–H groups in total. The highest BCUT2D eigenvalue weighted by Gasteiger charge is 2.33. The third kappa shape index (κ3) is 6.15. The third-order valence-electron chi connectivity index (χ3n) is 4.96. The van der Waals surface area contributed by atoms with E-state index < -0.39 is 31.1 Å². The van der Waals surface area contributed by atoms with Crippen molar-refractivity contribution in [3.05, 3.63) is 66.2 Å². The minimum Gasteiger partial charge on any atom is -0.493 e. The number of aryl methyl sites for hydroxylation is 1. The van der Waals surface area contributed by atoms with Crippen LogP contribution in [0.1, 0.15) is 25.8 Å². The summed E-state index contributed by atoms with van der Waals surface area (Å²) in [5.74, 6) is -0.677. The third-order valence-corrected chi connectivity index (χ3v) is 4.96. The van der Waals surface area contributed by atoms with E-state index in [0.29, 0.717) is 11.3 Å². The van der Waals surface area contributed by atoms with Crippen LogP contribution in [0.5, 0.6) is 5.75 Å². The van der Waals surface area contributed by atoms with Crippen molar-refractivity contribution in [2.75, 3.05) is 13.2 Å². The van der Waals surface area contributed by atoms with Gasteiger partial charge in [-0.2, -0.15) is 13.2 Å². The zero-order chi connectivity index (χ0) is 23.3. The Morgan fingerprint density at radius 2 is 1.88 bits per heavy atom. The van der Waals surface area contributed by atoms with Crippen LogP contribution in [0.4, 0.5) is 13.2 Å². The smallest absolute Gasteiger partial charge is 0.389 e. The zero-order valence-electron chi connectivity index (χ0n) is 18.0. The van der Waals surface area contributed by atoms with Crippen LogP contribution in [0.25, 0.3) is 22.3 Å². The highest BCUT2D eigenvalue weighted by molar-refractivity contribution is 5.87. The van der Waals surface area contributed by atoms with Crippen LogP contribution in [0.3, 0.4) is 0 Å². The summed E-state index contributed by atoms with van der Waals surface area (Å²) < 4.78 is 55.3. The molecule has 0 aliphatic rings. The number of carbonyl (C=O) groups excluding carboxylic acids is 1. The van der Waals surface area contributed by atoms with E-state index in [9.17, 15) is 18.0 Å². The van der Waals surface area contributed by atoms with Gasteiger partial charge >= 0.3 is 12.1 Å². The molecule has 1 atom stereocenters. The van der Waals surface area contributed by atoms with Gasteiger partial charge in [0.2, 0.25) is 0 Å². The molecule has 1 unspecified atom stereocenters. The molecule has 32 heavy (non-hydrogen) atoms. The highest BCUT2D eigenvalue weighted by atomic mass is 19.4. The number of halogens is 3. The van der Waals surface area contributed by atoms with Crippen molar-refractivity contribution in [2.45, 2.75) is 32.9 Å². The molecule has 2 aromatic carbocycles. The van der Waals surface area contributed by atoms with Gasteiger partial charge in [-0.05, 0) is 37.1 Å². The molecule has 0 saturated heterocycles. The van der Waals surface area contributed by atoms with E-state index in [1.165, 1.54) is 6.92 Å². The highest BCUT2D eigenvalue weighted by Crippen LogP contribution is 2.33. The maximum atomic E-state index is 12.9. The summed E-state index contributed by atoms with van der Waals surface area (Å²) in [6, 6.07) is 15.0. The number of rotatable bonds is 9. The second-order valence-corrected chi connectivity index (χ2v) is 7.70. The molecule has 1 aromatic heterocycles. The van der Waals surface area contributed by atoms with Gasteiger partial charge in [0.25, 0.3) is 0 Å². The lowest BCUT2D eigenvalue weighted by atomic mass is 10.0. The van der Waals surface area contributed by atoms with E-state index in [0.717, 1.165) is 28.7 Å². The Bertz CT molecular complexity index is 1100. The van der Waals surface area contributed by atoms with Crippen LogP contribution in [0.15, 0.2) is 65.1 Å². The monoisotopic (exact) mass is 446 g/mol. The van der Waals surface area contributed by atoms with E-state index in [4.69, 9.17) is 13.9 Å². The van der Waals surface area contributed by atoms with Crippen molar-refractivity contribution < 1.29 is 31.9 Å². The van der Waals surface area contributed by atoms with E-state index in [1.807, 2.05) is 30.3 Å². The lowest BCUT2D eigenvalue weighted by Gasteiger charge is -2.19. The average Bonchev–Trinajstić information content (AvgIpc) is 3.17. The Labute approximate surface area is 184 Å². The first-order valence-corrected chi connectivity index (χ1v) is 10.3. The van der Waals surface area contributed by atoms with Crippen LogP contribution >= 0.6 is 0 Å². The number of furan rings is 1. The minimum absolute atomic E-state index is 0.125. The number of hydrogen-bond donors (Lipinski definition) is 0.